The normalized spacial score (nSPS) is 11.4. The summed E-state index contributed by atoms with van der Waals surface area (Å²) in [5.74, 6) is -0.864. The fourth-order valence-corrected chi connectivity index (χ4v) is 2.99. The molecule has 30 heavy (non-hydrogen) atoms. The summed E-state index contributed by atoms with van der Waals surface area (Å²) in [6.45, 7) is 2.23. The van der Waals surface area contributed by atoms with Crippen LogP contribution in [0.15, 0.2) is 53.4 Å². The van der Waals surface area contributed by atoms with Gasteiger partial charge in [0.25, 0.3) is 0 Å². The van der Waals surface area contributed by atoms with E-state index >= 15 is 4.39 Å². The third-order valence-corrected chi connectivity index (χ3v) is 4.57. The van der Waals surface area contributed by atoms with E-state index in [0.717, 1.165) is 12.8 Å². The second kappa shape index (κ2) is 8.77. The highest BCUT2D eigenvalue weighted by molar-refractivity contribution is 5.81. The van der Waals surface area contributed by atoms with Gasteiger partial charge >= 0.3 is 0 Å². The van der Waals surface area contributed by atoms with Crippen molar-refractivity contribution in [1.82, 2.24) is 20.3 Å². The Labute approximate surface area is 171 Å². The minimum atomic E-state index is -0.513. The quantitative estimate of drug-likeness (QED) is 0.443. The van der Waals surface area contributed by atoms with Crippen LogP contribution in [0.25, 0.3) is 28.2 Å². The Balaban J connectivity index is 1.51. The molecule has 0 unspecified atom stereocenters. The monoisotopic (exact) mass is 407 g/mol. The molecule has 0 aliphatic heterocycles. The van der Waals surface area contributed by atoms with Crippen LogP contribution in [-0.4, -0.2) is 20.3 Å². The van der Waals surface area contributed by atoms with Gasteiger partial charge in [-0.2, -0.15) is 0 Å². The van der Waals surface area contributed by atoms with Crippen LogP contribution in [0.2, 0.25) is 0 Å². The van der Waals surface area contributed by atoms with Crippen LogP contribution in [0.3, 0.4) is 0 Å². The lowest BCUT2D eigenvalue weighted by Crippen LogP contribution is -2.05. The fraction of sp³-hybridized carbons (Fsp3) is 0.182. The van der Waals surface area contributed by atoms with E-state index in [0.29, 0.717) is 27.7 Å². The molecule has 0 aliphatic rings. The van der Waals surface area contributed by atoms with Crippen molar-refractivity contribution in [2.24, 2.45) is 0 Å². The van der Waals surface area contributed by atoms with Crippen LogP contribution in [0.4, 0.5) is 14.6 Å². The second-order valence-corrected chi connectivity index (χ2v) is 6.74. The number of benzene rings is 1. The van der Waals surface area contributed by atoms with Crippen molar-refractivity contribution < 1.29 is 13.4 Å². The number of anilines is 1. The SMILES string of the molecule is CCC/C=C/c1ncc(CNc2nccc(-c3ccc4nonc4c3)c2F)cc1F. The average molecular weight is 407 g/mol. The van der Waals surface area contributed by atoms with E-state index < -0.39 is 11.6 Å². The third kappa shape index (κ3) is 4.17. The Bertz CT molecular complexity index is 1210. The number of halogens is 2. The molecule has 1 aromatic carbocycles. The molecule has 3 heterocycles. The summed E-state index contributed by atoms with van der Waals surface area (Å²) in [4.78, 5) is 8.20. The molecule has 0 atom stereocenters. The average Bonchev–Trinajstić information content (AvgIpc) is 3.22. The molecule has 0 aliphatic carbocycles. The summed E-state index contributed by atoms with van der Waals surface area (Å²) >= 11 is 0. The molecule has 3 aromatic heterocycles. The van der Waals surface area contributed by atoms with E-state index in [4.69, 9.17) is 0 Å². The molecule has 0 spiro atoms. The van der Waals surface area contributed by atoms with Gasteiger partial charge < -0.3 is 5.32 Å². The van der Waals surface area contributed by atoms with Crippen molar-refractivity contribution in [1.29, 1.82) is 0 Å². The van der Waals surface area contributed by atoms with Crippen LogP contribution >= 0.6 is 0 Å². The first-order valence-corrected chi connectivity index (χ1v) is 9.57. The standard InChI is InChI=1S/C22H19F2N5O/c1-2-3-4-5-18-17(23)10-14(12-26-18)13-27-22-21(24)16(8-9-25-22)15-6-7-19-20(11-15)29-30-28-19/h4-12H,2-3,13H2,1H3,(H,25,27)/b5-4+. The zero-order valence-electron chi connectivity index (χ0n) is 16.3. The largest absolute Gasteiger partial charge is 0.363 e. The molecule has 152 valence electrons. The first kappa shape index (κ1) is 19.6. The maximum Gasteiger partial charge on any atom is 0.173 e. The number of hydrogen-bond donors (Lipinski definition) is 1. The maximum absolute atomic E-state index is 15.0. The van der Waals surface area contributed by atoms with Crippen molar-refractivity contribution in [2.75, 3.05) is 5.32 Å². The maximum atomic E-state index is 15.0. The molecule has 0 bridgehead atoms. The van der Waals surface area contributed by atoms with E-state index in [2.05, 4.69) is 37.2 Å². The molecule has 8 heteroatoms. The van der Waals surface area contributed by atoms with Gasteiger partial charge in [0.15, 0.2) is 11.6 Å². The summed E-state index contributed by atoms with van der Waals surface area (Å²) in [6, 6.07) is 8.10. The second-order valence-electron chi connectivity index (χ2n) is 6.74. The van der Waals surface area contributed by atoms with Crippen LogP contribution < -0.4 is 5.32 Å². The Morgan fingerprint density at radius 1 is 1.07 bits per heavy atom. The number of nitrogens with zero attached hydrogens (tertiary/aromatic N) is 4. The highest BCUT2D eigenvalue weighted by atomic mass is 19.1. The number of allylic oxidation sites excluding steroid dienone is 1. The molecule has 0 saturated heterocycles. The lowest BCUT2D eigenvalue weighted by Gasteiger charge is -2.10. The summed E-state index contributed by atoms with van der Waals surface area (Å²) in [7, 11) is 0. The number of rotatable bonds is 7. The Hall–Kier alpha value is -3.68. The van der Waals surface area contributed by atoms with Gasteiger partial charge in [-0.25, -0.2) is 18.4 Å². The highest BCUT2D eigenvalue weighted by Crippen LogP contribution is 2.28. The van der Waals surface area contributed by atoms with Crippen LogP contribution in [0.1, 0.15) is 31.0 Å². The summed E-state index contributed by atoms with van der Waals surface area (Å²) in [6.07, 6.45) is 8.48. The molecule has 0 amide bonds. The predicted molar refractivity (Wildman–Crippen MR) is 110 cm³/mol. The number of pyridine rings is 2. The van der Waals surface area contributed by atoms with Crippen LogP contribution in [0, 0.1) is 11.6 Å². The molecule has 4 aromatic rings. The van der Waals surface area contributed by atoms with E-state index in [1.807, 2.05) is 6.08 Å². The molecule has 0 fully saturated rings. The minimum absolute atomic E-state index is 0.0678. The van der Waals surface area contributed by atoms with Crippen molar-refractivity contribution in [3.05, 3.63) is 71.7 Å². The third-order valence-electron chi connectivity index (χ3n) is 4.57. The van der Waals surface area contributed by atoms with Crippen molar-refractivity contribution >= 4 is 22.9 Å². The van der Waals surface area contributed by atoms with Gasteiger partial charge in [0.2, 0.25) is 0 Å². The van der Waals surface area contributed by atoms with Gasteiger partial charge in [0.05, 0.1) is 5.69 Å². The number of nitrogens with one attached hydrogen (secondary N) is 1. The van der Waals surface area contributed by atoms with Gasteiger partial charge in [-0.15, -0.1) is 0 Å². The van der Waals surface area contributed by atoms with Gasteiger partial charge in [0.1, 0.15) is 16.9 Å². The summed E-state index contributed by atoms with van der Waals surface area (Å²) in [5.41, 5.74) is 2.98. The summed E-state index contributed by atoms with van der Waals surface area (Å²) < 4.78 is 33.9. The minimum Gasteiger partial charge on any atom is -0.363 e. The number of unbranched alkanes of at least 4 members (excludes halogenated alkanes) is 1. The first-order valence-electron chi connectivity index (χ1n) is 9.57. The zero-order valence-corrected chi connectivity index (χ0v) is 16.3. The van der Waals surface area contributed by atoms with Gasteiger partial charge in [-0.3, -0.25) is 4.98 Å². The predicted octanol–water partition coefficient (Wildman–Crippen LogP) is 5.38. The molecule has 4 rings (SSSR count). The Morgan fingerprint density at radius 2 is 1.93 bits per heavy atom. The lowest BCUT2D eigenvalue weighted by atomic mass is 10.1. The molecule has 1 N–H and O–H groups in total. The number of fused-ring (bicyclic) bond motifs is 1. The van der Waals surface area contributed by atoms with E-state index in [9.17, 15) is 4.39 Å². The van der Waals surface area contributed by atoms with Gasteiger partial charge in [0, 0.05) is 24.5 Å². The molecule has 0 saturated carbocycles. The molecular formula is C22H19F2N5O. The molecule has 0 radical (unpaired) electrons. The Morgan fingerprint density at radius 3 is 2.77 bits per heavy atom. The van der Waals surface area contributed by atoms with Crippen LogP contribution in [-0.2, 0) is 6.54 Å². The topological polar surface area (TPSA) is 76.7 Å². The Kier molecular flexibility index (Phi) is 5.74. The summed E-state index contributed by atoms with van der Waals surface area (Å²) in [5, 5.41) is 10.4. The van der Waals surface area contributed by atoms with E-state index in [1.54, 1.807) is 36.5 Å². The number of hydrogen-bond acceptors (Lipinski definition) is 6. The zero-order chi connectivity index (χ0) is 20.9. The van der Waals surface area contributed by atoms with Gasteiger partial charge in [-0.05, 0) is 58.2 Å². The number of aromatic nitrogens is 4. The van der Waals surface area contributed by atoms with E-state index in [-0.39, 0.29) is 18.1 Å². The van der Waals surface area contributed by atoms with Crippen molar-refractivity contribution in [2.45, 2.75) is 26.3 Å². The van der Waals surface area contributed by atoms with E-state index in [1.165, 1.54) is 12.3 Å². The fourth-order valence-electron chi connectivity index (χ4n) is 2.99. The highest BCUT2D eigenvalue weighted by Gasteiger charge is 2.13. The first-order chi connectivity index (χ1) is 14.7. The smallest absolute Gasteiger partial charge is 0.173 e. The van der Waals surface area contributed by atoms with Crippen molar-refractivity contribution in [3.63, 3.8) is 0 Å². The lowest BCUT2D eigenvalue weighted by molar-refractivity contribution is 0.315. The molecule has 6 nitrogen and oxygen atoms in total. The molecular weight excluding hydrogens is 388 g/mol. The van der Waals surface area contributed by atoms with Gasteiger partial charge in [-0.1, -0.05) is 25.5 Å². The van der Waals surface area contributed by atoms with Crippen LogP contribution in [0.5, 0.6) is 0 Å². The van der Waals surface area contributed by atoms with Crippen molar-refractivity contribution in [3.8, 4) is 11.1 Å².